The number of carboxylic acids is 1. The second kappa shape index (κ2) is 3.94. The van der Waals surface area contributed by atoms with Gasteiger partial charge < -0.3 is 5.11 Å². The summed E-state index contributed by atoms with van der Waals surface area (Å²) in [5.74, 6) is -1.84. The fraction of sp³-hybridized carbons (Fsp3) is 0. The molecule has 0 fully saturated rings. The van der Waals surface area contributed by atoms with Crippen LogP contribution in [-0.4, -0.2) is 20.9 Å². The van der Waals surface area contributed by atoms with Gasteiger partial charge in [0, 0.05) is 6.20 Å². The van der Waals surface area contributed by atoms with E-state index < -0.39 is 11.8 Å². The average molecular weight is 241 g/mol. The monoisotopic (exact) mass is 240 g/mol. The minimum atomic E-state index is -1.18. The molecule has 0 spiro atoms. The standard InChI is InChI=1S/C10H6ClFN2O2/c11-7-4-13-14(5-7)9-2-1-6(10(15)16)3-8(9)12/h1-5H,(H,15,16). The van der Waals surface area contributed by atoms with Gasteiger partial charge in [-0.2, -0.15) is 5.10 Å². The number of aromatic carboxylic acids is 1. The topological polar surface area (TPSA) is 55.1 Å². The molecule has 0 radical (unpaired) electrons. The van der Waals surface area contributed by atoms with E-state index in [4.69, 9.17) is 16.7 Å². The van der Waals surface area contributed by atoms with Gasteiger partial charge in [-0.1, -0.05) is 11.6 Å². The van der Waals surface area contributed by atoms with Crippen LogP contribution in [0.2, 0.25) is 5.02 Å². The van der Waals surface area contributed by atoms with E-state index in [1.165, 1.54) is 29.2 Å². The number of benzene rings is 1. The molecule has 4 nitrogen and oxygen atoms in total. The Bertz CT molecular complexity index is 554. The second-order valence-corrected chi connectivity index (χ2v) is 3.51. The smallest absolute Gasteiger partial charge is 0.335 e. The number of rotatable bonds is 2. The van der Waals surface area contributed by atoms with Crippen molar-refractivity contribution in [2.75, 3.05) is 0 Å². The lowest BCUT2D eigenvalue weighted by Gasteiger charge is -2.03. The fourth-order valence-corrected chi connectivity index (χ4v) is 1.39. The van der Waals surface area contributed by atoms with Crippen LogP contribution in [0, 0.1) is 5.82 Å². The first kappa shape index (κ1) is 10.6. The van der Waals surface area contributed by atoms with Gasteiger partial charge in [0.15, 0.2) is 0 Å². The Morgan fingerprint density at radius 1 is 1.50 bits per heavy atom. The summed E-state index contributed by atoms with van der Waals surface area (Å²) in [6.07, 6.45) is 2.80. The van der Waals surface area contributed by atoms with Gasteiger partial charge in [0.1, 0.15) is 11.5 Å². The van der Waals surface area contributed by atoms with Crippen molar-refractivity contribution in [3.63, 3.8) is 0 Å². The molecule has 0 unspecified atom stereocenters. The maximum Gasteiger partial charge on any atom is 0.335 e. The van der Waals surface area contributed by atoms with Gasteiger partial charge in [0.05, 0.1) is 16.8 Å². The summed E-state index contributed by atoms with van der Waals surface area (Å²) in [5, 5.41) is 12.9. The first-order valence-electron chi connectivity index (χ1n) is 4.31. The van der Waals surface area contributed by atoms with Gasteiger partial charge in [-0.15, -0.1) is 0 Å². The van der Waals surface area contributed by atoms with Gasteiger partial charge >= 0.3 is 5.97 Å². The summed E-state index contributed by atoms with van der Waals surface area (Å²) in [5.41, 5.74) is 0.0383. The Balaban J connectivity index is 2.47. The molecule has 0 aliphatic carbocycles. The number of hydrogen-bond donors (Lipinski definition) is 1. The summed E-state index contributed by atoms with van der Waals surface area (Å²) in [6.45, 7) is 0. The van der Waals surface area contributed by atoms with E-state index in [1.807, 2.05) is 0 Å². The van der Waals surface area contributed by atoms with Crippen molar-refractivity contribution in [1.29, 1.82) is 0 Å². The van der Waals surface area contributed by atoms with Gasteiger partial charge in [0.25, 0.3) is 0 Å². The number of aromatic nitrogens is 2. The highest BCUT2D eigenvalue weighted by Gasteiger charge is 2.10. The molecular weight excluding hydrogens is 235 g/mol. The van der Waals surface area contributed by atoms with Gasteiger partial charge in [0.2, 0.25) is 0 Å². The molecule has 1 aromatic heterocycles. The van der Waals surface area contributed by atoms with Gasteiger partial charge in [-0.3, -0.25) is 0 Å². The van der Waals surface area contributed by atoms with Crippen molar-refractivity contribution >= 4 is 17.6 Å². The summed E-state index contributed by atoms with van der Waals surface area (Å²) in [6, 6.07) is 3.58. The van der Waals surface area contributed by atoms with E-state index in [1.54, 1.807) is 0 Å². The normalized spacial score (nSPS) is 10.4. The zero-order chi connectivity index (χ0) is 11.7. The highest BCUT2D eigenvalue weighted by Crippen LogP contribution is 2.16. The maximum atomic E-state index is 13.5. The molecule has 16 heavy (non-hydrogen) atoms. The summed E-state index contributed by atoms with van der Waals surface area (Å²) in [7, 11) is 0. The van der Waals surface area contributed by atoms with Crippen LogP contribution in [0.1, 0.15) is 10.4 Å². The third-order valence-electron chi connectivity index (χ3n) is 1.99. The van der Waals surface area contributed by atoms with Crippen LogP contribution in [0.25, 0.3) is 5.69 Å². The molecule has 2 rings (SSSR count). The molecule has 1 N–H and O–H groups in total. The van der Waals surface area contributed by atoms with E-state index in [0.717, 1.165) is 6.07 Å². The van der Waals surface area contributed by atoms with Crippen molar-refractivity contribution in [3.8, 4) is 5.69 Å². The van der Waals surface area contributed by atoms with E-state index in [9.17, 15) is 9.18 Å². The van der Waals surface area contributed by atoms with E-state index in [0.29, 0.717) is 5.02 Å². The minimum Gasteiger partial charge on any atom is -0.478 e. The molecule has 0 amide bonds. The second-order valence-electron chi connectivity index (χ2n) is 3.07. The Morgan fingerprint density at radius 2 is 2.25 bits per heavy atom. The van der Waals surface area contributed by atoms with Crippen LogP contribution in [-0.2, 0) is 0 Å². The maximum absolute atomic E-state index is 13.5. The van der Waals surface area contributed by atoms with E-state index in [2.05, 4.69) is 5.10 Å². The largest absolute Gasteiger partial charge is 0.478 e. The molecule has 0 saturated carbocycles. The number of nitrogens with zero attached hydrogens (tertiary/aromatic N) is 2. The van der Waals surface area contributed by atoms with Crippen molar-refractivity contribution in [2.24, 2.45) is 0 Å². The first-order valence-corrected chi connectivity index (χ1v) is 4.69. The molecule has 2 aromatic rings. The molecule has 6 heteroatoms. The predicted octanol–water partition coefficient (Wildman–Crippen LogP) is 2.36. The van der Waals surface area contributed by atoms with Gasteiger partial charge in [-0.05, 0) is 18.2 Å². The lowest BCUT2D eigenvalue weighted by molar-refractivity contribution is 0.0696. The summed E-state index contributed by atoms with van der Waals surface area (Å²) >= 11 is 5.64. The molecule has 1 aromatic carbocycles. The number of carboxylic acid groups (broad SMARTS) is 1. The number of halogens is 2. The lowest BCUT2D eigenvalue weighted by Crippen LogP contribution is -2.02. The van der Waals surface area contributed by atoms with E-state index in [-0.39, 0.29) is 11.3 Å². The third-order valence-corrected chi connectivity index (χ3v) is 2.19. The lowest BCUT2D eigenvalue weighted by atomic mass is 10.2. The van der Waals surface area contributed by atoms with Crippen LogP contribution in [0.15, 0.2) is 30.6 Å². The Labute approximate surface area is 94.9 Å². The predicted molar refractivity (Wildman–Crippen MR) is 55.5 cm³/mol. The zero-order valence-corrected chi connectivity index (χ0v) is 8.65. The van der Waals surface area contributed by atoms with Crippen molar-refractivity contribution in [3.05, 3.63) is 47.0 Å². The zero-order valence-electron chi connectivity index (χ0n) is 7.89. The van der Waals surface area contributed by atoms with Crippen LogP contribution in [0.5, 0.6) is 0 Å². The average Bonchev–Trinajstić information content (AvgIpc) is 2.64. The Kier molecular flexibility index (Phi) is 2.62. The summed E-state index contributed by atoms with van der Waals surface area (Å²) < 4.78 is 14.8. The molecule has 0 aliphatic rings. The summed E-state index contributed by atoms with van der Waals surface area (Å²) in [4.78, 5) is 10.6. The van der Waals surface area contributed by atoms with Crippen LogP contribution in [0.3, 0.4) is 0 Å². The van der Waals surface area contributed by atoms with Crippen LogP contribution in [0.4, 0.5) is 4.39 Å². The fourth-order valence-electron chi connectivity index (χ4n) is 1.26. The molecule has 0 atom stereocenters. The van der Waals surface area contributed by atoms with Crippen molar-refractivity contribution in [1.82, 2.24) is 9.78 Å². The Hall–Kier alpha value is -1.88. The molecule has 1 heterocycles. The number of carbonyl (C=O) groups is 1. The van der Waals surface area contributed by atoms with Crippen molar-refractivity contribution < 1.29 is 14.3 Å². The highest BCUT2D eigenvalue weighted by atomic mass is 35.5. The van der Waals surface area contributed by atoms with E-state index >= 15 is 0 Å². The SMILES string of the molecule is O=C(O)c1ccc(-n2cc(Cl)cn2)c(F)c1. The molecule has 0 aliphatic heterocycles. The molecule has 0 bridgehead atoms. The number of hydrogen-bond acceptors (Lipinski definition) is 2. The van der Waals surface area contributed by atoms with Crippen molar-refractivity contribution in [2.45, 2.75) is 0 Å². The highest BCUT2D eigenvalue weighted by molar-refractivity contribution is 6.30. The molecule has 82 valence electrons. The first-order chi connectivity index (χ1) is 7.58. The Morgan fingerprint density at radius 3 is 2.75 bits per heavy atom. The minimum absolute atomic E-state index is 0.112. The third kappa shape index (κ3) is 1.90. The van der Waals surface area contributed by atoms with Crippen LogP contribution >= 0.6 is 11.6 Å². The molecule has 0 saturated heterocycles. The molecular formula is C10H6ClFN2O2. The van der Waals surface area contributed by atoms with Crippen LogP contribution < -0.4 is 0 Å². The quantitative estimate of drug-likeness (QED) is 0.877. The van der Waals surface area contributed by atoms with Gasteiger partial charge in [-0.25, -0.2) is 13.9 Å².